The van der Waals surface area contributed by atoms with Crippen molar-refractivity contribution in [1.29, 1.82) is 0 Å². The van der Waals surface area contributed by atoms with E-state index in [0.29, 0.717) is 0 Å². The number of aliphatic carboxylic acids is 1. The van der Waals surface area contributed by atoms with E-state index < -0.39 is 39.4 Å². The van der Waals surface area contributed by atoms with Crippen LogP contribution in [0, 0.1) is 0 Å². The van der Waals surface area contributed by atoms with Crippen molar-refractivity contribution >= 4 is 26.8 Å². The molecule has 2 N–H and O–H groups in total. The highest BCUT2D eigenvalue weighted by atomic mass is 32.2. The number of carboxylic acids is 1. The predicted molar refractivity (Wildman–Crippen MR) is 68.6 cm³/mol. The van der Waals surface area contributed by atoms with Gasteiger partial charge >= 0.3 is 5.97 Å². The molecule has 2 atom stereocenters. The Balaban J connectivity index is 2.80. The van der Waals surface area contributed by atoms with Crippen molar-refractivity contribution in [3.63, 3.8) is 0 Å². The second kappa shape index (κ2) is 6.26. The fraction of sp³-hybridized carbons (Fsp3) is 0.556. The summed E-state index contributed by atoms with van der Waals surface area (Å²) in [4.78, 5) is 10.3. The first kappa shape index (κ1) is 15.8. The third-order valence-corrected chi connectivity index (χ3v) is 4.57. The Morgan fingerprint density at radius 1 is 1.63 bits per heavy atom. The van der Waals surface area contributed by atoms with Gasteiger partial charge in [-0.25, -0.2) is 13.1 Å². The van der Waals surface area contributed by atoms with Crippen molar-refractivity contribution in [2.24, 2.45) is 0 Å². The topological polar surface area (TPSA) is 118 Å². The van der Waals surface area contributed by atoms with Crippen LogP contribution in [0.2, 0.25) is 0 Å². The summed E-state index contributed by atoms with van der Waals surface area (Å²) in [6.45, 7) is 1.19. The van der Waals surface area contributed by atoms with Gasteiger partial charge in [-0.3, -0.25) is 13.7 Å². The first-order chi connectivity index (χ1) is 8.70. The number of nitrogens with one attached hydrogen (secondary N) is 1. The quantitative estimate of drug-likeness (QED) is 0.668. The molecule has 1 heterocycles. The van der Waals surface area contributed by atoms with Crippen LogP contribution in [0.25, 0.3) is 0 Å². The molecule has 19 heavy (non-hydrogen) atoms. The number of aromatic nitrogens is 2. The van der Waals surface area contributed by atoms with Gasteiger partial charge in [-0.2, -0.15) is 5.10 Å². The lowest BCUT2D eigenvalue weighted by atomic mass is 10.4. The molecule has 1 aromatic rings. The summed E-state index contributed by atoms with van der Waals surface area (Å²) in [7, 11) is -4.90. The molecule has 0 spiro atoms. The highest BCUT2D eigenvalue weighted by molar-refractivity contribution is 7.89. The highest BCUT2D eigenvalue weighted by Crippen LogP contribution is 2.08. The lowest BCUT2D eigenvalue weighted by molar-refractivity contribution is -0.137. The second-order valence-electron chi connectivity index (χ2n) is 4.03. The molecule has 0 aliphatic carbocycles. The molecule has 0 saturated carbocycles. The normalized spacial score (nSPS) is 15.1. The maximum atomic E-state index is 11.9. The number of rotatable bonds is 7. The minimum Gasteiger partial charge on any atom is -0.480 e. The van der Waals surface area contributed by atoms with Crippen LogP contribution in [-0.4, -0.2) is 51.5 Å². The van der Waals surface area contributed by atoms with Gasteiger partial charge in [0, 0.05) is 35.0 Å². The maximum absolute atomic E-state index is 11.9. The molecule has 0 bridgehead atoms. The summed E-state index contributed by atoms with van der Waals surface area (Å²) < 4.78 is 38.2. The summed E-state index contributed by atoms with van der Waals surface area (Å²) in [6.07, 6.45) is 3.68. The van der Waals surface area contributed by atoms with Crippen molar-refractivity contribution in [3.05, 3.63) is 12.4 Å². The molecule has 0 aromatic carbocycles. The Labute approximate surface area is 113 Å². The van der Waals surface area contributed by atoms with Crippen LogP contribution >= 0.6 is 0 Å². The lowest BCUT2D eigenvalue weighted by Gasteiger charge is -2.11. The molecule has 0 amide bonds. The van der Waals surface area contributed by atoms with E-state index in [0.717, 1.165) is 17.1 Å². The van der Waals surface area contributed by atoms with Crippen LogP contribution in [0.5, 0.6) is 0 Å². The van der Waals surface area contributed by atoms with Crippen LogP contribution in [0.4, 0.5) is 0 Å². The highest BCUT2D eigenvalue weighted by Gasteiger charge is 2.20. The average molecular weight is 309 g/mol. The minimum atomic E-state index is -3.78. The Morgan fingerprint density at radius 3 is 2.79 bits per heavy atom. The molecule has 0 saturated heterocycles. The van der Waals surface area contributed by atoms with Crippen molar-refractivity contribution in [1.82, 2.24) is 14.5 Å². The fourth-order valence-corrected chi connectivity index (χ4v) is 3.52. The van der Waals surface area contributed by atoms with Crippen molar-refractivity contribution in [2.45, 2.75) is 24.4 Å². The molecule has 1 aromatic heterocycles. The molecule has 10 heteroatoms. The van der Waals surface area contributed by atoms with Gasteiger partial charge in [0.05, 0.1) is 6.20 Å². The molecule has 108 valence electrons. The van der Waals surface area contributed by atoms with E-state index in [2.05, 4.69) is 9.82 Å². The van der Waals surface area contributed by atoms with Crippen LogP contribution in [-0.2, 0) is 32.2 Å². The summed E-state index contributed by atoms with van der Waals surface area (Å²) in [5, 5.41) is 12.2. The van der Waals surface area contributed by atoms with Gasteiger partial charge in [0.25, 0.3) is 0 Å². The third-order valence-electron chi connectivity index (χ3n) is 2.06. The van der Waals surface area contributed by atoms with E-state index in [-0.39, 0.29) is 10.6 Å². The monoisotopic (exact) mass is 309 g/mol. The van der Waals surface area contributed by atoms with Crippen LogP contribution < -0.4 is 4.72 Å². The van der Waals surface area contributed by atoms with Gasteiger partial charge in [0.1, 0.15) is 11.4 Å². The third kappa shape index (κ3) is 5.09. The van der Waals surface area contributed by atoms with E-state index in [4.69, 9.17) is 5.11 Å². The zero-order valence-electron chi connectivity index (χ0n) is 10.4. The van der Waals surface area contributed by atoms with Gasteiger partial charge in [-0.05, 0) is 6.92 Å². The Kier molecular flexibility index (Phi) is 5.20. The standard InChI is InChI=1S/C9H15N3O5S2/c1-7(6-18(2)15)11-19(16,17)8-3-10-12(4-8)5-9(13)14/h3-4,7,11H,5-6H2,1-2H3,(H,13,14). The van der Waals surface area contributed by atoms with E-state index in [1.54, 1.807) is 6.92 Å². The van der Waals surface area contributed by atoms with Gasteiger partial charge in [0.15, 0.2) is 0 Å². The van der Waals surface area contributed by atoms with E-state index >= 15 is 0 Å². The Morgan fingerprint density at radius 2 is 2.26 bits per heavy atom. The molecule has 0 fully saturated rings. The number of carboxylic acid groups (broad SMARTS) is 1. The number of nitrogens with zero attached hydrogens (tertiary/aromatic N) is 2. The smallest absolute Gasteiger partial charge is 0.325 e. The van der Waals surface area contributed by atoms with E-state index in [9.17, 15) is 17.4 Å². The van der Waals surface area contributed by atoms with Crippen molar-refractivity contribution in [2.75, 3.05) is 12.0 Å². The summed E-state index contributed by atoms with van der Waals surface area (Å²) in [5.74, 6) is -0.919. The lowest BCUT2D eigenvalue weighted by Crippen LogP contribution is -2.36. The van der Waals surface area contributed by atoms with E-state index in [1.807, 2.05) is 0 Å². The summed E-state index contributed by atoms with van der Waals surface area (Å²) in [5.41, 5.74) is 0. The maximum Gasteiger partial charge on any atom is 0.325 e. The molecular formula is C9H15N3O5S2. The first-order valence-electron chi connectivity index (χ1n) is 5.27. The molecule has 0 aliphatic rings. The van der Waals surface area contributed by atoms with Crippen LogP contribution in [0.15, 0.2) is 17.3 Å². The number of hydrogen-bond acceptors (Lipinski definition) is 5. The minimum absolute atomic E-state index is 0.123. The van der Waals surface area contributed by atoms with Crippen molar-refractivity contribution < 1.29 is 22.5 Å². The first-order valence-corrected chi connectivity index (χ1v) is 8.48. The molecule has 0 radical (unpaired) electrons. The largest absolute Gasteiger partial charge is 0.480 e. The zero-order chi connectivity index (χ0) is 14.6. The van der Waals surface area contributed by atoms with Crippen LogP contribution in [0.1, 0.15) is 6.92 Å². The Bertz CT molecular complexity index is 580. The van der Waals surface area contributed by atoms with Crippen LogP contribution in [0.3, 0.4) is 0 Å². The SMILES string of the molecule is CC(CS(C)=O)NS(=O)(=O)c1cnn(CC(=O)O)c1. The molecular weight excluding hydrogens is 294 g/mol. The number of hydrogen-bond donors (Lipinski definition) is 2. The molecule has 8 nitrogen and oxygen atoms in total. The van der Waals surface area contributed by atoms with Gasteiger partial charge in [-0.15, -0.1) is 0 Å². The van der Waals surface area contributed by atoms with Gasteiger partial charge in [-0.1, -0.05) is 0 Å². The molecule has 0 aliphatic heterocycles. The van der Waals surface area contributed by atoms with Crippen molar-refractivity contribution in [3.8, 4) is 0 Å². The number of carbonyl (C=O) groups is 1. The zero-order valence-corrected chi connectivity index (χ0v) is 12.1. The second-order valence-corrected chi connectivity index (χ2v) is 7.22. The molecule has 1 rings (SSSR count). The van der Waals surface area contributed by atoms with E-state index in [1.165, 1.54) is 6.26 Å². The summed E-state index contributed by atoms with van der Waals surface area (Å²) >= 11 is 0. The fourth-order valence-electron chi connectivity index (χ4n) is 1.43. The summed E-state index contributed by atoms with van der Waals surface area (Å²) in [6, 6.07) is -0.487. The predicted octanol–water partition coefficient (Wildman–Crippen LogP) is -0.987. The van der Waals surface area contributed by atoms with Gasteiger partial charge < -0.3 is 5.11 Å². The average Bonchev–Trinajstić information content (AvgIpc) is 2.62. The number of sulfonamides is 1. The van der Waals surface area contributed by atoms with Gasteiger partial charge in [0.2, 0.25) is 10.0 Å². The molecule has 2 unspecified atom stereocenters. The Hall–Kier alpha value is -1.26.